The van der Waals surface area contributed by atoms with Crippen LogP contribution in [0.1, 0.15) is 23.5 Å². The van der Waals surface area contributed by atoms with Crippen LogP contribution < -0.4 is 5.32 Å². The van der Waals surface area contributed by atoms with Gasteiger partial charge in [0.15, 0.2) is 0 Å². The van der Waals surface area contributed by atoms with Gasteiger partial charge in [0, 0.05) is 18.4 Å². The molecular weight excluding hydrogens is 232 g/mol. The van der Waals surface area contributed by atoms with Crippen LogP contribution in [0.4, 0.5) is 0 Å². The Kier molecular flexibility index (Phi) is 3.60. The summed E-state index contributed by atoms with van der Waals surface area (Å²) in [6.45, 7) is 0. The molecule has 0 spiro atoms. The van der Waals surface area contributed by atoms with Crippen LogP contribution in [-0.4, -0.2) is 18.1 Å². The van der Waals surface area contributed by atoms with Gasteiger partial charge in [-0.3, -0.25) is 4.98 Å². The summed E-state index contributed by atoms with van der Waals surface area (Å²) in [7, 11) is 2.08. The minimum Gasteiger partial charge on any atom is -0.316 e. The maximum atomic E-state index is 4.08. The van der Waals surface area contributed by atoms with Crippen molar-refractivity contribution in [3.05, 3.63) is 66.0 Å². The molecule has 2 nitrogen and oxygen atoms in total. The fraction of sp³-hybridized carbons (Fsp3) is 0.353. The molecule has 1 heterocycles. The third-order valence-corrected chi connectivity index (χ3v) is 4.16. The minimum absolute atomic E-state index is 0.563. The Bertz CT molecular complexity index is 509. The predicted octanol–water partition coefficient (Wildman–Crippen LogP) is 3.02. The molecule has 0 radical (unpaired) electrons. The normalized spacial score (nSPS) is 23.0. The van der Waals surface area contributed by atoms with Gasteiger partial charge in [0.05, 0.1) is 0 Å². The highest BCUT2D eigenvalue weighted by Crippen LogP contribution is 2.49. The second-order valence-corrected chi connectivity index (χ2v) is 5.37. The molecule has 3 atom stereocenters. The first-order chi connectivity index (χ1) is 9.38. The van der Waals surface area contributed by atoms with Gasteiger partial charge in [-0.05, 0) is 55.0 Å². The second-order valence-electron chi connectivity index (χ2n) is 5.37. The lowest BCUT2D eigenvalue weighted by atomic mass is 9.99. The van der Waals surface area contributed by atoms with Gasteiger partial charge in [0.2, 0.25) is 0 Å². The topological polar surface area (TPSA) is 24.9 Å². The first-order valence-electron chi connectivity index (χ1n) is 6.99. The van der Waals surface area contributed by atoms with Crippen LogP contribution in [0.15, 0.2) is 54.9 Å². The van der Waals surface area contributed by atoms with Gasteiger partial charge in [0.25, 0.3) is 0 Å². The lowest BCUT2D eigenvalue weighted by Gasteiger charge is -2.16. The van der Waals surface area contributed by atoms with E-state index < -0.39 is 0 Å². The van der Waals surface area contributed by atoms with Crippen LogP contribution in [0.5, 0.6) is 0 Å². The van der Waals surface area contributed by atoms with Gasteiger partial charge >= 0.3 is 0 Å². The molecular formula is C17H20N2. The number of rotatable bonds is 5. The van der Waals surface area contributed by atoms with Crippen molar-refractivity contribution in [2.45, 2.75) is 24.8 Å². The molecule has 2 aromatic rings. The fourth-order valence-corrected chi connectivity index (χ4v) is 2.98. The van der Waals surface area contributed by atoms with Crippen molar-refractivity contribution in [1.82, 2.24) is 10.3 Å². The van der Waals surface area contributed by atoms with Crippen LogP contribution in [0.25, 0.3) is 0 Å². The molecule has 2 heteroatoms. The molecule has 3 rings (SSSR count). The quantitative estimate of drug-likeness (QED) is 0.885. The van der Waals surface area contributed by atoms with E-state index in [9.17, 15) is 0 Å². The molecule has 1 aliphatic rings. The third kappa shape index (κ3) is 2.85. The zero-order valence-corrected chi connectivity index (χ0v) is 11.3. The summed E-state index contributed by atoms with van der Waals surface area (Å²) in [6, 6.07) is 15.7. The molecule has 1 aromatic carbocycles. The molecule has 1 aromatic heterocycles. The molecule has 3 unspecified atom stereocenters. The number of pyridine rings is 1. The number of likely N-dealkylation sites (N-methyl/N-ethyl adjacent to an activating group) is 1. The number of hydrogen-bond acceptors (Lipinski definition) is 2. The van der Waals surface area contributed by atoms with Gasteiger partial charge < -0.3 is 5.32 Å². The number of nitrogens with zero attached hydrogens (tertiary/aromatic N) is 1. The van der Waals surface area contributed by atoms with Crippen molar-refractivity contribution in [2.24, 2.45) is 5.92 Å². The number of hydrogen-bond donors (Lipinski definition) is 1. The molecule has 0 saturated heterocycles. The Labute approximate surface area is 114 Å². The Morgan fingerprint density at radius 1 is 1.16 bits per heavy atom. The smallest absolute Gasteiger partial charge is 0.0270 e. The van der Waals surface area contributed by atoms with E-state index in [-0.39, 0.29) is 0 Å². The Morgan fingerprint density at radius 3 is 2.58 bits per heavy atom. The summed E-state index contributed by atoms with van der Waals surface area (Å²) in [6.07, 6.45) is 6.15. The van der Waals surface area contributed by atoms with Gasteiger partial charge in [0.1, 0.15) is 0 Å². The summed E-state index contributed by atoms with van der Waals surface area (Å²) in [5, 5.41) is 3.49. The highest BCUT2D eigenvalue weighted by atomic mass is 14.9. The molecule has 98 valence electrons. The highest BCUT2D eigenvalue weighted by Gasteiger charge is 2.42. The Balaban J connectivity index is 1.65. The monoisotopic (exact) mass is 252 g/mol. The largest absolute Gasteiger partial charge is 0.316 e. The van der Waals surface area contributed by atoms with Crippen LogP contribution in [0, 0.1) is 5.92 Å². The third-order valence-electron chi connectivity index (χ3n) is 4.16. The summed E-state index contributed by atoms with van der Waals surface area (Å²) in [5.41, 5.74) is 2.86. The van der Waals surface area contributed by atoms with E-state index in [1.54, 1.807) is 0 Å². The standard InChI is InChI=1S/C17H20N2/c1-18-17(11-13-7-9-19-10-8-13)16-12-15(16)14-5-3-2-4-6-14/h2-10,15-18H,11-12H2,1H3. The van der Waals surface area contributed by atoms with Crippen LogP contribution in [0.3, 0.4) is 0 Å². The van der Waals surface area contributed by atoms with Crippen molar-refractivity contribution in [3.8, 4) is 0 Å². The molecule has 1 saturated carbocycles. The fourth-order valence-electron chi connectivity index (χ4n) is 2.98. The lowest BCUT2D eigenvalue weighted by molar-refractivity contribution is 0.491. The summed E-state index contributed by atoms with van der Waals surface area (Å²) in [5.74, 6) is 1.50. The van der Waals surface area contributed by atoms with E-state index in [1.807, 2.05) is 12.4 Å². The number of benzene rings is 1. The molecule has 0 aliphatic heterocycles. The predicted molar refractivity (Wildman–Crippen MR) is 78.1 cm³/mol. The molecule has 1 N–H and O–H groups in total. The van der Waals surface area contributed by atoms with Crippen molar-refractivity contribution in [3.63, 3.8) is 0 Å². The van der Waals surface area contributed by atoms with Crippen LogP contribution in [0.2, 0.25) is 0 Å². The van der Waals surface area contributed by atoms with E-state index in [4.69, 9.17) is 0 Å². The van der Waals surface area contributed by atoms with Gasteiger partial charge in [-0.1, -0.05) is 30.3 Å². The summed E-state index contributed by atoms with van der Waals surface area (Å²) in [4.78, 5) is 4.08. The first kappa shape index (κ1) is 12.4. The van der Waals surface area contributed by atoms with Crippen molar-refractivity contribution < 1.29 is 0 Å². The maximum Gasteiger partial charge on any atom is 0.0270 e. The molecule has 1 fully saturated rings. The summed E-state index contributed by atoms with van der Waals surface area (Å²) >= 11 is 0. The zero-order chi connectivity index (χ0) is 13.1. The Hall–Kier alpha value is -1.67. The average Bonchev–Trinajstić information content (AvgIpc) is 3.27. The van der Waals surface area contributed by atoms with Gasteiger partial charge in [-0.2, -0.15) is 0 Å². The zero-order valence-electron chi connectivity index (χ0n) is 11.3. The SMILES string of the molecule is CNC(Cc1ccncc1)C1CC1c1ccccc1. The highest BCUT2D eigenvalue weighted by molar-refractivity contribution is 5.27. The number of aromatic nitrogens is 1. The number of nitrogens with one attached hydrogen (secondary N) is 1. The van der Waals surface area contributed by atoms with E-state index in [2.05, 4.69) is 59.8 Å². The Morgan fingerprint density at radius 2 is 1.89 bits per heavy atom. The maximum absolute atomic E-state index is 4.08. The second kappa shape index (κ2) is 5.54. The van der Waals surface area contributed by atoms with E-state index >= 15 is 0 Å². The minimum atomic E-state index is 0.563. The first-order valence-corrected chi connectivity index (χ1v) is 6.99. The van der Waals surface area contributed by atoms with E-state index in [0.717, 1.165) is 18.3 Å². The summed E-state index contributed by atoms with van der Waals surface area (Å²) < 4.78 is 0. The van der Waals surface area contributed by atoms with Crippen LogP contribution >= 0.6 is 0 Å². The van der Waals surface area contributed by atoms with Gasteiger partial charge in [-0.15, -0.1) is 0 Å². The molecule has 0 amide bonds. The van der Waals surface area contributed by atoms with Crippen molar-refractivity contribution in [1.29, 1.82) is 0 Å². The van der Waals surface area contributed by atoms with Gasteiger partial charge in [-0.25, -0.2) is 0 Å². The van der Waals surface area contributed by atoms with E-state index in [0.29, 0.717) is 6.04 Å². The molecule has 0 bridgehead atoms. The van der Waals surface area contributed by atoms with Crippen molar-refractivity contribution >= 4 is 0 Å². The molecule has 19 heavy (non-hydrogen) atoms. The van der Waals surface area contributed by atoms with Crippen LogP contribution in [-0.2, 0) is 6.42 Å². The van der Waals surface area contributed by atoms with Crippen molar-refractivity contribution in [2.75, 3.05) is 7.05 Å². The van der Waals surface area contributed by atoms with E-state index in [1.165, 1.54) is 17.5 Å². The molecule has 1 aliphatic carbocycles. The average molecular weight is 252 g/mol. The lowest BCUT2D eigenvalue weighted by Crippen LogP contribution is -2.30.